The lowest BCUT2D eigenvalue weighted by atomic mass is 9.78. The normalized spacial score (nSPS) is 12.3. The summed E-state index contributed by atoms with van der Waals surface area (Å²) in [4.78, 5) is 4.93. The molecule has 0 atom stereocenters. The number of fused-ring (bicyclic) bond motifs is 4. The number of aromatic nitrogens is 4. The van der Waals surface area contributed by atoms with Crippen molar-refractivity contribution in [3.05, 3.63) is 223 Å². The first-order chi connectivity index (χ1) is 34.6. The van der Waals surface area contributed by atoms with Crippen molar-refractivity contribution in [2.75, 3.05) is 0 Å². The molecule has 5 heteroatoms. The van der Waals surface area contributed by atoms with Crippen LogP contribution < -0.4 is 9.30 Å². The van der Waals surface area contributed by atoms with E-state index in [1.54, 1.807) is 0 Å². The topological polar surface area (TPSA) is 35.9 Å². The molecule has 3 aromatic heterocycles. The van der Waals surface area contributed by atoms with Crippen LogP contribution in [0.5, 0.6) is 11.5 Å². The number of hydrogen-bond donors (Lipinski definition) is 0. The molecule has 72 heavy (non-hydrogen) atoms. The standard InChI is InChI=1S/C67H62N4O/c1-65(2,3)43-45-34-35-68-63(36-45)71-59-29-17-16-26-57(59)58-32-31-54(42-61(58)71)72-53-25-18-24-52(41-53)69-44-70(60-33-30-48(39-62(60)69)46-20-12-10-13-21-46)64-55(47-22-14-11-15-23-47)27-19-28-56(64)49-37-50(66(4,5)6)40-51(38-49)67(7,8)9/h10-42H,43H2,1-9H3. The molecule has 0 aliphatic heterocycles. The number of rotatable bonds is 9. The van der Waals surface area contributed by atoms with Crippen LogP contribution in [0.25, 0.3) is 83.4 Å². The fourth-order valence-corrected chi connectivity index (χ4v) is 10.2. The molecule has 0 spiro atoms. The maximum Gasteiger partial charge on any atom is 0.269 e. The summed E-state index contributed by atoms with van der Waals surface area (Å²) in [5.74, 6) is 2.36. The molecule has 0 fully saturated rings. The molecule has 11 rings (SSSR count). The van der Waals surface area contributed by atoms with Gasteiger partial charge in [0, 0.05) is 23.0 Å². The highest BCUT2D eigenvalue weighted by atomic mass is 16.5. The molecule has 3 heterocycles. The van der Waals surface area contributed by atoms with Gasteiger partial charge in [0.1, 0.15) is 17.3 Å². The Morgan fingerprint density at radius 1 is 0.486 bits per heavy atom. The molecule has 11 aromatic rings. The van der Waals surface area contributed by atoms with Crippen molar-refractivity contribution >= 4 is 32.8 Å². The molecule has 0 unspecified atom stereocenters. The monoisotopic (exact) mass is 938 g/mol. The second-order valence-corrected chi connectivity index (χ2v) is 22.6. The van der Waals surface area contributed by atoms with Crippen LogP contribution in [-0.2, 0) is 17.3 Å². The summed E-state index contributed by atoms with van der Waals surface area (Å²) in [5.41, 5.74) is 17.0. The molecule has 0 N–H and O–H groups in total. The molecule has 5 nitrogen and oxygen atoms in total. The number of nitrogens with zero attached hydrogens (tertiary/aromatic N) is 4. The Hall–Kier alpha value is -8.02. The molecular weight excluding hydrogens is 877 g/mol. The summed E-state index contributed by atoms with van der Waals surface area (Å²) >= 11 is 0. The van der Waals surface area contributed by atoms with E-state index in [0.29, 0.717) is 0 Å². The molecule has 0 radical (unpaired) electrons. The quantitative estimate of drug-likeness (QED) is 0.107. The molecule has 8 aromatic carbocycles. The van der Waals surface area contributed by atoms with E-state index in [-0.39, 0.29) is 16.2 Å². The predicted octanol–water partition coefficient (Wildman–Crippen LogP) is 17.2. The minimum absolute atomic E-state index is 0.0529. The second-order valence-electron chi connectivity index (χ2n) is 22.6. The third-order valence-electron chi connectivity index (χ3n) is 13.8. The Labute approximate surface area is 424 Å². The van der Waals surface area contributed by atoms with E-state index < -0.39 is 0 Å². The van der Waals surface area contributed by atoms with Gasteiger partial charge in [0.2, 0.25) is 0 Å². The van der Waals surface area contributed by atoms with Crippen molar-refractivity contribution in [2.24, 2.45) is 5.41 Å². The third-order valence-corrected chi connectivity index (χ3v) is 13.8. The van der Waals surface area contributed by atoms with E-state index in [4.69, 9.17) is 9.72 Å². The van der Waals surface area contributed by atoms with Crippen LogP contribution in [0, 0.1) is 11.7 Å². The molecule has 0 bridgehead atoms. The van der Waals surface area contributed by atoms with Crippen LogP contribution in [0.3, 0.4) is 0 Å². The fraction of sp³-hybridized carbons (Fsp3) is 0.194. The first kappa shape index (κ1) is 46.4. The largest absolute Gasteiger partial charge is 0.458 e. The lowest BCUT2D eigenvalue weighted by molar-refractivity contribution is -0.571. The van der Waals surface area contributed by atoms with Crippen molar-refractivity contribution in [1.82, 2.24) is 14.1 Å². The molecule has 356 valence electrons. The smallest absolute Gasteiger partial charge is 0.269 e. The highest BCUT2D eigenvalue weighted by Crippen LogP contribution is 2.40. The Bertz CT molecular complexity index is 3770. The first-order valence-corrected chi connectivity index (χ1v) is 25.2. The van der Waals surface area contributed by atoms with E-state index in [1.165, 1.54) is 27.6 Å². The van der Waals surface area contributed by atoms with Crippen LogP contribution >= 0.6 is 0 Å². The van der Waals surface area contributed by atoms with E-state index in [2.05, 4.69) is 270 Å². The molecule has 0 saturated carbocycles. The first-order valence-electron chi connectivity index (χ1n) is 25.2. The SMILES string of the molecule is CC(C)(C)Cc1ccnc(-n2c3ccccc3c3ccc(Oc4cccc(-n5[c-][n+](-c6c(-c7ccccc7)cccc6-c6cc(C(C)(C)C)cc(C(C)(C)C)c6)c6ccc(-c7ccccc7)cc65)c4)cc32)c1. The summed E-state index contributed by atoms with van der Waals surface area (Å²) < 4.78 is 13.6. The van der Waals surface area contributed by atoms with Crippen LogP contribution in [0.2, 0.25) is 0 Å². The average Bonchev–Trinajstić information content (AvgIpc) is 3.91. The van der Waals surface area contributed by atoms with Gasteiger partial charge in [-0.25, -0.2) is 4.98 Å². The van der Waals surface area contributed by atoms with Crippen LogP contribution in [-0.4, -0.2) is 14.1 Å². The summed E-state index contributed by atoms with van der Waals surface area (Å²) in [5, 5.41) is 2.33. The van der Waals surface area contributed by atoms with Crippen molar-refractivity contribution in [2.45, 2.75) is 79.6 Å². The Morgan fingerprint density at radius 3 is 1.83 bits per heavy atom. The van der Waals surface area contributed by atoms with Gasteiger partial charge in [0.15, 0.2) is 0 Å². The number of pyridine rings is 1. The lowest BCUT2D eigenvalue weighted by Crippen LogP contribution is -2.31. The number of benzene rings is 8. The second kappa shape index (κ2) is 18.0. The van der Waals surface area contributed by atoms with E-state index in [0.717, 1.165) is 90.4 Å². The molecule has 0 amide bonds. The van der Waals surface area contributed by atoms with Crippen LogP contribution in [0.1, 0.15) is 79.0 Å². The van der Waals surface area contributed by atoms with E-state index in [1.807, 2.05) is 12.3 Å². The van der Waals surface area contributed by atoms with Gasteiger partial charge in [-0.3, -0.25) is 13.7 Å². The fourth-order valence-electron chi connectivity index (χ4n) is 10.2. The highest BCUT2D eigenvalue weighted by Gasteiger charge is 2.25. The van der Waals surface area contributed by atoms with Gasteiger partial charge in [-0.05, 0) is 127 Å². The lowest BCUT2D eigenvalue weighted by Gasteiger charge is -2.27. The molecule has 0 saturated heterocycles. The van der Waals surface area contributed by atoms with Gasteiger partial charge in [-0.1, -0.05) is 196 Å². The molecular formula is C67H62N4O. The summed E-state index contributed by atoms with van der Waals surface area (Å²) in [6, 6.07) is 69.8. The van der Waals surface area contributed by atoms with Crippen LogP contribution in [0.4, 0.5) is 0 Å². The maximum atomic E-state index is 6.88. The minimum Gasteiger partial charge on any atom is -0.458 e. The Morgan fingerprint density at radius 2 is 1.12 bits per heavy atom. The minimum atomic E-state index is -0.0529. The van der Waals surface area contributed by atoms with Crippen LogP contribution in [0.15, 0.2) is 200 Å². The zero-order chi connectivity index (χ0) is 49.9. The summed E-state index contributed by atoms with van der Waals surface area (Å²) in [7, 11) is 0. The van der Waals surface area contributed by atoms with E-state index in [9.17, 15) is 0 Å². The number of para-hydroxylation sites is 2. The van der Waals surface area contributed by atoms with Crippen molar-refractivity contribution in [1.29, 1.82) is 0 Å². The summed E-state index contributed by atoms with van der Waals surface area (Å²) in [6.07, 6.45) is 6.84. The van der Waals surface area contributed by atoms with Gasteiger partial charge < -0.3 is 4.74 Å². The highest BCUT2D eigenvalue weighted by molar-refractivity contribution is 6.09. The van der Waals surface area contributed by atoms with E-state index >= 15 is 0 Å². The van der Waals surface area contributed by atoms with Gasteiger partial charge in [-0.15, -0.1) is 0 Å². The average molecular weight is 939 g/mol. The van der Waals surface area contributed by atoms with Crippen molar-refractivity contribution in [3.8, 4) is 62.1 Å². The van der Waals surface area contributed by atoms with Crippen molar-refractivity contribution in [3.63, 3.8) is 0 Å². The Balaban J connectivity index is 1.08. The summed E-state index contributed by atoms with van der Waals surface area (Å²) in [6.45, 7) is 20.7. The third kappa shape index (κ3) is 9.01. The number of imidazole rings is 1. The van der Waals surface area contributed by atoms with Crippen molar-refractivity contribution < 1.29 is 9.30 Å². The zero-order valence-corrected chi connectivity index (χ0v) is 43.0. The molecule has 0 aliphatic rings. The van der Waals surface area contributed by atoms with Gasteiger partial charge >= 0.3 is 0 Å². The van der Waals surface area contributed by atoms with Gasteiger partial charge in [0.05, 0.1) is 33.4 Å². The molecule has 0 aliphatic carbocycles. The maximum absolute atomic E-state index is 6.88. The zero-order valence-electron chi connectivity index (χ0n) is 43.0. The number of hydrogen-bond acceptors (Lipinski definition) is 2. The predicted molar refractivity (Wildman–Crippen MR) is 299 cm³/mol. The Kier molecular flexibility index (Phi) is 11.6. The number of ether oxygens (including phenoxy) is 1. The van der Waals surface area contributed by atoms with Gasteiger partial charge in [-0.2, -0.15) is 0 Å². The van der Waals surface area contributed by atoms with Gasteiger partial charge in [0.25, 0.3) is 6.33 Å².